The van der Waals surface area contributed by atoms with Crippen LogP contribution in [0.3, 0.4) is 0 Å². The predicted molar refractivity (Wildman–Crippen MR) is 316 cm³/mol. The lowest BCUT2D eigenvalue weighted by Crippen LogP contribution is -2.01. The third-order valence-electron chi connectivity index (χ3n) is 15.1. The fourth-order valence-corrected chi connectivity index (χ4v) is 13.1. The van der Waals surface area contributed by atoms with E-state index in [-0.39, 0.29) is 0 Å². The first-order valence-corrected chi connectivity index (χ1v) is 25.9. The zero-order chi connectivity index (χ0) is 48.6. The average Bonchev–Trinajstić information content (AvgIpc) is 3.96. The van der Waals surface area contributed by atoms with Crippen LogP contribution in [0.4, 0.5) is 0 Å². The molecule has 0 aliphatic carbocycles. The minimum Gasteiger partial charge on any atom is -0.308 e. The van der Waals surface area contributed by atoms with Crippen molar-refractivity contribution in [1.29, 1.82) is 0 Å². The number of aromatic nitrogens is 1. The SMILES string of the molecule is C=C/C=C(\c1c(C)sc2ccc(-c3c4ccccc4c(-c4ccccc4)c4ccccc34)cc12)c1c2ccccc2c(-n2c3ccc(-c4ccccc4)cc3c3cc(-c4ccccc4)ccc32)c2ccccc12. The van der Waals surface area contributed by atoms with Crippen molar-refractivity contribution in [2.75, 3.05) is 0 Å². The van der Waals surface area contributed by atoms with E-state index in [0.717, 1.165) is 0 Å². The maximum atomic E-state index is 4.38. The van der Waals surface area contributed by atoms with Crippen molar-refractivity contribution in [1.82, 2.24) is 4.57 Å². The zero-order valence-corrected chi connectivity index (χ0v) is 41.1. The molecule has 0 aliphatic heterocycles. The molecule has 0 aliphatic rings. The second-order valence-electron chi connectivity index (χ2n) is 19.1. The van der Waals surface area contributed by atoms with E-state index in [4.69, 9.17) is 0 Å². The molecule has 0 N–H and O–H groups in total. The van der Waals surface area contributed by atoms with Crippen molar-refractivity contribution >= 4 is 91.9 Å². The van der Waals surface area contributed by atoms with Gasteiger partial charge in [-0.1, -0.05) is 225 Å². The predicted octanol–water partition coefficient (Wildman–Crippen LogP) is 20.2. The molecule has 12 aromatic carbocycles. The Kier molecular flexibility index (Phi) is 10.2. The Balaban J connectivity index is 1.02. The van der Waals surface area contributed by atoms with E-state index in [1.54, 1.807) is 0 Å². The number of rotatable bonds is 8. The van der Waals surface area contributed by atoms with Crippen LogP contribution in [-0.2, 0) is 0 Å². The fraction of sp³-hybridized carbons (Fsp3) is 0.0141. The molecule has 2 heteroatoms. The van der Waals surface area contributed by atoms with Crippen molar-refractivity contribution in [3.05, 3.63) is 277 Å². The fourth-order valence-electron chi connectivity index (χ4n) is 12.0. The van der Waals surface area contributed by atoms with E-state index >= 15 is 0 Å². The largest absolute Gasteiger partial charge is 0.308 e. The molecule has 0 bridgehead atoms. The van der Waals surface area contributed by atoms with Crippen molar-refractivity contribution in [2.45, 2.75) is 6.92 Å². The summed E-state index contributed by atoms with van der Waals surface area (Å²) in [7, 11) is 0. The van der Waals surface area contributed by atoms with Crippen LogP contribution in [0.25, 0.3) is 131 Å². The quantitative estimate of drug-likeness (QED) is 0.106. The highest BCUT2D eigenvalue weighted by molar-refractivity contribution is 7.19. The van der Waals surface area contributed by atoms with Crippen LogP contribution in [-0.4, -0.2) is 4.57 Å². The standard InChI is InChI=1S/C71H47NS/c1-3-21-60(67-45(2)73-66-41-38-51(44-63(66)67)69-54-30-15-13-28-52(54)68(48-26-11-6-12-27-48)53-29-14-16-31-55(53)69)70-56-32-17-19-34-58(56)71(59-35-20-18-33-57(59)70)72-64-39-36-49(46-22-7-4-8-23-46)42-61(64)62-43-50(37-40-65(62)72)47-24-9-5-10-25-47/h3-44H,1H2,2H3/b60-21+. The molecule has 0 atom stereocenters. The Morgan fingerprint density at radius 2 is 0.753 bits per heavy atom. The number of thiophene rings is 1. The molecule has 73 heavy (non-hydrogen) atoms. The minimum atomic E-state index is 1.17. The lowest BCUT2D eigenvalue weighted by molar-refractivity contribution is 1.21. The summed E-state index contributed by atoms with van der Waals surface area (Å²) in [6, 6.07) is 89.5. The van der Waals surface area contributed by atoms with E-state index in [2.05, 4.69) is 267 Å². The molecule has 2 heterocycles. The summed E-state index contributed by atoms with van der Waals surface area (Å²) in [4.78, 5) is 1.28. The minimum absolute atomic E-state index is 1.17. The number of benzene rings is 12. The molecule has 0 unspecified atom stereocenters. The molecule has 0 saturated heterocycles. The molecule has 1 nitrogen and oxygen atoms in total. The van der Waals surface area contributed by atoms with Crippen molar-refractivity contribution in [2.24, 2.45) is 0 Å². The second-order valence-corrected chi connectivity index (χ2v) is 20.4. The van der Waals surface area contributed by atoms with E-state index in [0.29, 0.717) is 0 Å². The Labute approximate surface area is 428 Å². The van der Waals surface area contributed by atoms with E-state index in [1.165, 1.54) is 147 Å². The Bertz CT molecular complexity index is 4340. The molecule has 0 fully saturated rings. The van der Waals surface area contributed by atoms with Crippen molar-refractivity contribution in [3.8, 4) is 50.2 Å². The summed E-state index contributed by atoms with van der Waals surface area (Å²) in [5.41, 5.74) is 16.9. The van der Waals surface area contributed by atoms with Gasteiger partial charge in [-0.15, -0.1) is 11.3 Å². The van der Waals surface area contributed by atoms with Gasteiger partial charge in [-0.2, -0.15) is 0 Å². The summed E-state index contributed by atoms with van der Waals surface area (Å²) in [6.45, 7) is 6.67. The van der Waals surface area contributed by atoms with Gasteiger partial charge in [0.2, 0.25) is 0 Å². The first-order chi connectivity index (χ1) is 36.1. The monoisotopic (exact) mass is 945 g/mol. The molecule has 0 amide bonds. The normalized spacial score (nSPS) is 12.0. The van der Waals surface area contributed by atoms with E-state index in [9.17, 15) is 0 Å². The molecule has 14 rings (SSSR count). The molecule has 0 radical (unpaired) electrons. The highest BCUT2D eigenvalue weighted by Gasteiger charge is 2.25. The Morgan fingerprint density at radius 3 is 1.23 bits per heavy atom. The molecular formula is C71H47NS. The van der Waals surface area contributed by atoms with Gasteiger partial charge in [-0.05, 0) is 131 Å². The average molecular weight is 946 g/mol. The first kappa shape index (κ1) is 42.8. The van der Waals surface area contributed by atoms with Crippen LogP contribution in [0.15, 0.2) is 261 Å². The number of hydrogen-bond donors (Lipinski definition) is 0. The molecule has 342 valence electrons. The lowest BCUT2D eigenvalue weighted by atomic mass is 9.84. The molecule has 0 spiro atoms. The van der Waals surface area contributed by atoms with Gasteiger partial charge in [0.15, 0.2) is 0 Å². The summed E-state index contributed by atoms with van der Waals surface area (Å²) >= 11 is 1.87. The van der Waals surface area contributed by atoms with Crippen LogP contribution in [0.5, 0.6) is 0 Å². The molecular weight excluding hydrogens is 899 g/mol. The van der Waals surface area contributed by atoms with Crippen molar-refractivity contribution < 1.29 is 0 Å². The molecule has 14 aromatic rings. The lowest BCUT2D eigenvalue weighted by Gasteiger charge is -2.21. The smallest absolute Gasteiger partial charge is 0.0619 e. The third kappa shape index (κ3) is 6.83. The van der Waals surface area contributed by atoms with Gasteiger partial charge in [0.25, 0.3) is 0 Å². The third-order valence-corrected chi connectivity index (χ3v) is 16.2. The summed E-state index contributed by atoms with van der Waals surface area (Å²) in [5.74, 6) is 0. The summed E-state index contributed by atoms with van der Waals surface area (Å²) < 4.78 is 3.80. The van der Waals surface area contributed by atoms with Crippen LogP contribution >= 0.6 is 11.3 Å². The summed E-state index contributed by atoms with van der Waals surface area (Å²) in [5, 5.41) is 13.5. The zero-order valence-electron chi connectivity index (χ0n) is 40.3. The van der Waals surface area contributed by atoms with Gasteiger partial charge in [0.05, 0.1) is 16.7 Å². The summed E-state index contributed by atoms with van der Waals surface area (Å²) in [6.07, 6.45) is 4.23. The van der Waals surface area contributed by atoms with Crippen LogP contribution < -0.4 is 0 Å². The highest BCUT2D eigenvalue weighted by atomic mass is 32.1. The van der Waals surface area contributed by atoms with Crippen molar-refractivity contribution in [3.63, 3.8) is 0 Å². The van der Waals surface area contributed by atoms with Gasteiger partial charge < -0.3 is 4.57 Å². The van der Waals surface area contributed by atoms with Gasteiger partial charge in [0.1, 0.15) is 0 Å². The van der Waals surface area contributed by atoms with Gasteiger partial charge >= 0.3 is 0 Å². The Hall–Kier alpha value is -9.08. The van der Waals surface area contributed by atoms with Gasteiger partial charge in [0, 0.05) is 42.1 Å². The van der Waals surface area contributed by atoms with E-state index < -0.39 is 0 Å². The number of hydrogen-bond acceptors (Lipinski definition) is 1. The number of nitrogens with zero attached hydrogens (tertiary/aromatic N) is 1. The maximum absolute atomic E-state index is 4.38. The van der Waals surface area contributed by atoms with Crippen LogP contribution in [0, 0.1) is 6.92 Å². The first-order valence-electron chi connectivity index (χ1n) is 25.1. The maximum Gasteiger partial charge on any atom is 0.0619 e. The number of allylic oxidation sites excluding steroid dienone is 2. The molecule has 2 aromatic heterocycles. The highest BCUT2D eigenvalue weighted by Crippen LogP contribution is 2.50. The molecule has 0 saturated carbocycles. The number of aryl methyl sites for hydroxylation is 1. The number of fused-ring (bicyclic) bond motifs is 8. The van der Waals surface area contributed by atoms with Gasteiger partial charge in [-0.3, -0.25) is 0 Å². The van der Waals surface area contributed by atoms with E-state index in [1.807, 2.05) is 17.4 Å². The second kappa shape index (κ2) is 17.3. The van der Waals surface area contributed by atoms with Crippen LogP contribution in [0.1, 0.15) is 16.0 Å². The van der Waals surface area contributed by atoms with Gasteiger partial charge in [-0.25, -0.2) is 0 Å². The van der Waals surface area contributed by atoms with Crippen LogP contribution in [0.2, 0.25) is 0 Å². The topological polar surface area (TPSA) is 4.93 Å². The Morgan fingerprint density at radius 1 is 0.356 bits per heavy atom.